The first-order valence-corrected chi connectivity index (χ1v) is 9.00. The van der Waals surface area contributed by atoms with E-state index in [0.717, 1.165) is 25.7 Å². The zero-order valence-corrected chi connectivity index (χ0v) is 14.5. The van der Waals surface area contributed by atoms with Crippen LogP contribution in [-0.4, -0.2) is 31.3 Å². The number of halogens is 3. The zero-order valence-electron chi connectivity index (χ0n) is 14.5. The van der Waals surface area contributed by atoms with Crippen LogP contribution in [0.4, 0.5) is 19.0 Å². The minimum absolute atomic E-state index is 0.141. The van der Waals surface area contributed by atoms with Gasteiger partial charge in [0.05, 0.1) is 5.56 Å². The monoisotopic (exact) mass is 376 g/mol. The zero-order chi connectivity index (χ0) is 18.9. The molecule has 142 valence electrons. The quantitative estimate of drug-likeness (QED) is 0.698. The van der Waals surface area contributed by atoms with Gasteiger partial charge < -0.3 is 5.32 Å². The number of nitrogens with zero attached hydrogens (tertiary/aromatic N) is 5. The van der Waals surface area contributed by atoms with Crippen molar-refractivity contribution in [1.29, 1.82) is 0 Å². The molecule has 0 spiro atoms. The minimum Gasteiger partial charge on any atom is -0.365 e. The van der Waals surface area contributed by atoms with Crippen molar-refractivity contribution in [2.24, 2.45) is 0 Å². The summed E-state index contributed by atoms with van der Waals surface area (Å²) in [6.07, 6.45) is 0.0212. The number of fused-ring (bicyclic) bond motifs is 1. The Labute approximate surface area is 153 Å². The molecule has 2 aromatic heterocycles. The van der Waals surface area contributed by atoms with E-state index in [1.54, 1.807) is 24.3 Å². The fraction of sp³-hybridized carbons (Fsp3) is 0.444. The summed E-state index contributed by atoms with van der Waals surface area (Å²) in [6.45, 7) is 0. The molecule has 0 radical (unpaired) electrons. The topological polar surface area (TPSA) is 68.0 Å². The number of hydrogen-bond donors (Lipinski definition) is 1. The summed E-state index contributed by atoms with van der Waals surface area (Å²) in [5.41, 5.74) is 0.320. The molecule has 1 aliphatic rings. The fourth-order valence-corrected chi connectivity index (χ4v) is 3.85. The minimum atomic E-state index is -4.36. The van der Waals surface area contributed by atoms with Crippen LogP contribution < -0.4 is 5.32 Å². The molecule has 0 amide bonds. The van der Waals surface area contributed by atoms with Crippen molar-refractivity contribution in [3.8, 4) is 0 Å². The Morgan fingerprint density at radius 2 is 1.81 bits per heavy atom. The summed E-state index contributed by atoms with van der Waals surface area (Å²) < 4.78 is 41.9. The van der Waals surface area contributed by atoms with E-state index in [2.05, 4.69) is 25.9 Å². The summed E-state index contributed by atoms with van der Waals surface area (Å²) in [4.78, 5) is 0. The maximum atomic E-state index is 13.5. The predicted octanol–water partition coefficient (Wildman–Crippen LogP) is 4.07. The maximum absolute atomic E-state index is 13.5. The number of anilines is 1. The molecule has 1 N–H and O–H groups in total. The lowest BCUT2D eigenvalue weighted by atomic mass is 9.84. The van der Waals surface area contributed by atoms with Crippen LogP contribution >= 0.6 is 0 Å². The number of aromatic nitrogens is 5. The molecule has 0 aliphatic heterocycles. The van der Waals surface area contributed by atoms with E-state index in [9.17, 15) is 13.2 Å². The summed E-state index contributed by atoms with van der Waals surface area (Å²) in [5, 5.41) is 18.8. The van der Waals surface area contributed by atoms with Crippen LogP contribution in [0.25, 0.3) is 5.65 Å². The number of tetrazole rings is 1. The molecule has 2 heterocycles. The molecule has 6 nitrogen and oxygen atoms in total. The highest BCUT2D eigenvalue weighted by molar-refractivity contribution is 5.44. The molecule has 1 fully saturated rings. The van der Waals surface area contributed by atoms with Gasteiger partial charge in [0.2, 0.25) is 0 Å². The lowest BCUT2D eigenvalue weighted by Gasteiger charge is -2.29. The van der Waals surface area contributed by atoms with Crippen molar-refractivity contribution in [3.05, 3.63) is 47.5 Å². The molecule has 4 rings (SSSR count). The van der Waals surface area contributed by atoms with Gasteiger partial charge in [0.15, 0.2) is 5.65 Å². The van der Waals surface area contributed by atoms with Crippen LogP contribution in [0.15, 0.2) is 36.4 Å². The first-order chi connectivity index (χ1) is 13.0. The van der Waals surface area contributed by atoms with Crippen molar-refractivity contribution >= 4 is 11.5 Å². The highest BCUT2D eigenvalue weighted by atomic mass is 19.4. The number of hydrogen-bond acceptors (Lipinski definition) is 5. The molecule has 2 unspecified atom stereocenters. The maximum Gasteiger partial charge on any atom is 0.416 e. The van der Waals surface area contributed by atoms with Gasteiger partial charge in [-0.05, 0) is 47.0 Å². The number of rotatable bonds is 3. The van der Waals surface area contributed by atoms with E-state index < -0.39 is 11.7 Å². The highest BCUT2D eigenvalue weighted by Gasteiger charge is 2.37. The molecular formula is C18H19F3N6. The van der Waals surface area contributed by atoms with Crippen LogP contribution in [0, 0.1) is 0 Å². The third-order valence-electron chi connectivity index (χ3n) is 5.08. The highest BCUT2D eigenvalue weighted by Crippen LogP contribution is 2.40. The summed E-state index contributed by atoms with van der Waals surface area (Å²) in [6, 6.07) is 9.23. The van der Waals surface area contributed by atoms with E-state index in [1.165, 1.54) is 16.8 Å². The molecule has 3 aromatic rings. The van der Waals surface area contributed by atoms with Gasteiger partial charge in [-0.1, -0.05) is 37.5 Å². The summed E-state index contributed by atoms with van der Waals surface area (Å²) >= 11 is 0. The van der Waals surface area contributed by atoms with Gasteiger partial charge >= 0.3 is 6.18 Å². The Morgan fingerprint density at radius 3 is 2.67 bits per heavy atom. The van der Waals surface area contributed by atoms with Gasteiger partial charge in [-0.2, -0.15) is 13.2 Å². The molecule has 1 saturated carbocycles. The van der Waals surface area contributed by atoms with Crippen molar-refractivity contribution in [2.45, 2.75) is 50.2 Å². The van der Waals surface area contributed by atoms with Gasteiger partial charge in [-0.25, -0.2) is 0 Å². The molecule has 9 heteroatoms. The molecule has 27 heavy (non-hydrogen) atoms. The van der Waals surface area contributed by atoms with Gasteiger partial charge in [0, 0.05) is 12.0 Å². The first kappa shape index (κ1) is 17.7. The van der Waals surface area contributed by atoms with Crippen LogP contribution in [0.1, 0.15) is 49.1 Å². The van der Waals surface area contributed by atoms with E-state index >= 15 is 0 Å². The van der Waals surface area contributed by atoms with Gasteiger partial charge in [0.1, 0.15) is 5.82 Å². The first-order valence-electron chi connectivity index (χ1n) is 9.00. The lowest BCUT2D eigenvalue weighted by molar-refractivity contribution is -0.138. The van der Waals surface area contributed by atoms with E-state index in [-0.39, 0.29) is 12.0 Å². The van der Waals surface area contributed by atoms with Crippen LogP contribution in [0.5, 0.6) is 0 Å². The van der Waals surface area contributed by atoms with Gasteiger partial charge in [-0.15, -0.1) is 14.8 Å². The van der Waals surface area contributed by atoms with Crippen LogP contribution in [-0.2, 0) is 6.18 Å². The molecule has 0 saturated heterocycles. The lowest BCUT2D eigenvalue weighted by Crippen LogP contribution is -2.29. The standard InChI is InChI=1S/C18H19F3N6/c19-18(20,21)14-8-5-4-6-12(14)13-7-2-1-3-9-15(13)22-16-10-11-17-23-25-26-27(17)24-16/h4-6,8,10-11,13,15H,1-3,7,9H2,(H,22,24). The second-order valence-corrected chi connectivity index (χ2v) is 6.83. The van der Waals surface area contributed by atoms with Gasteiger partial charge in [-0.3, -0.25) is 0 Å². The second kappa shape index (κ2) is 7.13. The average molecular weight is 376 g/mol. The van der Waals surface area contributed by atoms with Crippen LogP contribution in [0.3, 0.4) is 0 Å². The fourth-order valence-electron chi connectivity index (χ4n) is 3.85. The molecule has 0 bridgehead atoms. The Bertz CT molecular complexity index is 923. The Morgan fingerprint density at radius 1 is 1.00 bits per heavy atom. The van der Waals surface area contributed by atoms with Crippen molar-refractivity contribution < 1.29 is 13.2 Å². The third-order valence-corrected chi connectivity index (χ3v) is 5.08. The molecule has 2 atom stereocenters. The second-order valence-electron chi connectivity index (χ2n) is 6.83. The largest absolute Gasteiger partial charge is 0.416 e. The Kier molecular flexibility index (Phi) is 4.67. The van der Waals surface area contributed by atoms with E-state index in [0.29, 0.717) is 23.4 Å². The summed E-state index contributed by atoms with van der Waals surface area (Å²) in [5.74, 6) is 0.313. The number of alkyl halides is 3. The average Bonchev–Trinajstić information content (AvgIpc) is 2.99. The third kappa shape index (κ3) is 3.72. The van der Waals surface area contributed by atoms with Crippen LogP contribution in [0.2, 0.25) is 0 Å². The normalized spacial score (nSPS) is 21.1. The van der Waals surface area contributed by atoms with Crippen molar-refractivity contribution in [1.82, 2.24) is 25.3 Å². The van der Waals surface area contributed by atoms with Gasteiger partial charge in [0.25, 0.3) is 0 Å². The smallest absolute Gasteiger partial charge is 0.365 e. The van der Waals surface area contributed by atoms with Crippen molar-refractivity contribution in [3.63, 3.8) is 0 Å². The molecular weight excluding hydrogens is 357 g/mol. The number of nitrogens with one attached hydrogen (secondary N) is 1. The Hall–Kier alpha value is -2.71. The van der Waals surface area contributed by atoms with E-state index in [4.69, 9.17) is 0 Å². The SMILES string of the molecule is FC(F)(F)c1ccccc1C1CCCCCC1Nc1ccc2nnnn2n1. The molecule has 1 aromatic carbocycles. The predicted molar refractivity (Wildman–Crippen MR) is 93.3 cm³/mol. The molecule has 1 aliphatic carbocycles. The number of benzene rings is 1. The summed E-state index contributed by atoms with van der Waals surface area (Å²) in [7, 11) is 0. The van der Waals surface area contributed by atoms with Crippen molar-refractivity contribution in [2.75, 3.05) is 5.32 Å². The Balaban J connectivity index is 1.67. The van der Waals surface area contributed by atoms with E-state index in [1.807, 2.05) is 0 Å².